The first-order chi connectivity index (χ1) is 5.02. The molecule has 1 nitrogen and oxygen atoms in total. The fourth-order valence-electron chi connectivity index (χ4n) is 1.31. The molecule has 1 fully saturated rings. The van der Waals surface area contributed by atoms with Crippen molar-refractivity contribution in [2.24, 2.45) is 11.3 Å². The molecule has 1 aliphatic carbocycles. The van der Waals surface area contributed by atoms with Crippen molar-refractivity contribution in [3.63, 3.8) is 0 Å². The van der Waals surface area contributed by atoms with Gasteiger partial charge in [0.15, 0.2) is 0 Å². The van der Waals surface area contributed by atoms with Crippen LogP contribution in [0.5, 0.6) is 0 Å². The first-order valence-electron chi connectivity index (χ1n) is 4.06. The highest BCUT2D eigenvalue weighted by molar-refractivity contribution is 9.11. The summed E-state index contributed by atoms with van der Waals surface area (Å²) in [6, 6.07) is 0. The van der Waals surface area contributed by atoms with Gasteiger partial charge in [-0.05, 0) is 24.3 Å². The summed E-state index contributed by atoms with van der Waals surface area (Å²) in [5, 5.41) is 3.36. The van der Waals surface area contributed by atoms with E-state index < -0.39 is 0 Å². The molecule has 0 aliphatic heterocycles. The van der Waals surface area contributed by atoms with Crippen LogP contribution in [0, 0.1) is 11.3 Å². The van der Waals surface area contributed by atoms with Gasteiger partial charge in [0, 0.05) is 11.0 Å². The highest BCUT2D eigenvalue weighted by atomic mass is 79.9. The Morgan fingerprint density at radius 2 is 2.27 bits per heavy atom. The van der Waals surface area contributed by atoms with Crippen LogP contribution in [0.2, 0.25) is 0 Å². The maximum atomic E-state index is 3.76. The summed E-state index contributed by atoms with van der Waals surface area (Å²) < 4.78 is 1.04. The number of hydrogen-bond donors (Lipinski definition) is 1. The van der Waals surface area contributed by atoms with E-state index in [2.05, 4.69) is 41.7 Å². The van der Waals surface area contributed by atoms with E-state index in [9.17, 15) is 0 Å². The normalized spacial score (nSPS) is 26.6. The maximum absolute atomic E-state index is 3.76. The summed E-state index contributed by atoms with van der Waals surface area (Å²) in [5.41, 5.74) is 0.598. The van der Waals surface area contributed by atoms with E-state index in [1.54, 1.807) is 0 Å². The Balaban J connectivity index is 2.02. The maximum Gasteiger partial charge on any atom is 0.0265 e. The Bertz CT molecular complexity index is 163. The van der Waals surface area contributed by atoms with Gasteiger partial charge in [-0.25, -0.2) is 0 Å². The SMILES string of the molecule is C=C(Br)CNCC1CC1(C)C. The third kappa shape index (κ3) is 2.96. The predicted octanol–water partition coefficient (Wildman–Crippen LogP) is 2.53. The molecule has 0 aromatic carbocycles. The third-order valence-electron chi connectivity index (χ3n) is 2.43. The average molecular weight is 218 g/mol. The molecule has 0 saturated heterocycles. The van der Waals surface area contributed by atoms with Crippen LogP contribution >= 0.6 is 15.9 Å². The van der Waals surface area contributed by atoms with Crippen molar-refractivity contribution in [1.29, 1.82) is 0 Å². The fourth-order valence-corrected chi connectivity index (χ4v) is 1.50. The van der Waals surface area contributed by atoms with E-state index in [0.29, 0.717) is 5.41 Å². The molecule has 0 radical (unpaired) electrons. The van der Waals surface area contributed by atoms with Crippen LogP contribution in [-0.4, -0.2) is 13.1 Å². The van der Waals surface area contributed by atoms with Gasteiger partial charge in [-0.15, -0.1) is 0 Å². The molecule has 0 aromatic rings. The second-order valence-electron chi connectivity index (χ2n) is 4.04. The van der Waals surface area contributed by atoms with Crippen LogP contribution in [0.15, 0.2) is 11.1 Å². The van der Waals surface area contributed by atoms with Crippen molar-refractivity contribution in [3.8, 4) is 0 Å². The standard InChI is InChI=1S/C9H16BrN/c1-7(10)5-11-6-8-4-9(8,2)3/h8,11H,1,4-6H2,2-3H3. The molecule has 1 saturated carbocycles. The number of hydrogen-bond acceptors (Lipinski definition) is 1. The number of rotatable bonds is 4. The zero-order valence-corrected chi connectivity index (χ0v) is 8.87. The van der Waals surface area contributed by atoms with E-state index in [4.69, 9.17) is 0 Å². The van der Waals surface area contributed by atoms with Crippen molar-refractivity contribution in [3.05, 3.63) is 11.1 Å². The van der Waals surface area contributed by atoms with E-state index >= 15 is 0 Å². The van der Waals surface area contributed by atoms with Gasteiger partial charge in [0.1, 0.15) is 0 Å². The van der Waals surface area contributed by atoms with Crippen LogP contribution in [0.4, 0.5) is 0 Å². The first-order valence-corrected chi connectivity index (χ1v) is 4.85. The lowest BCUT2D eigenvalue weighted by atomic mass is 10.1. The Labute approximate surface area is 77.4 Å². The highest BCUT2D eigenvalue weighted by Crippen LogP contribution is 2.50. The summed E-state index contributed by atoms with van der Waals surface area (Å²) in [4.78, 5) is 0. The largest absolute Gasteiger partial charge is 0.312 e. The molecule has 1 atom stereocenters. The molecule has 0 spiro atoms. The van der Waals surface area contributed by atoms with Crippen LogP contribution in [0.25, 0.3) is 0 Å². The highest BCUT2D eigenvalue weighted by Gasteiger charge is 2.44. The molecule has 0 heterocycles. The molecule has 0 bridgehead atoms. The van der Waals surface area contributed by atoms with Gasteiger partial charge < -0.3 is 5.32 Å². The molecule has 64 valence electrons. The fraction of sp³-hybridized carbons (Fsp3) is 0.778. The van der Waals surface area contributed by atoms with E-state index in [1.807, 2.05) is 0 Å². The van der Waals surface area contributed by atoms with Crippen LogP contribution in [-0.2, 0) is 0 Å². The van der Waals surface area contributed by atoms with Crippen molar-refractivity contribution < 1.29 is 0 Å². The summed E-state index contributed by atoms with van der Waals surface area (Å²) in [7, 11) is 0. The van der Waals surface area contributed by atoms with Crippen LogP contribution in [0.3, 0.4) is 0 Å². The molecular formula is C9H16BrN. The lowest BCUT2D eigenvalue weighted by Gasteiger charge is -2.04. The van der Waals surface area contributed by atoms with Gasteiger partial charge in [-0.3, -0.25) is 0 Å². The molecular weight excluding hydrogens is 202 g/mol. The summed E-state index contributed by atoms with van der Waals surface area (Å²) >= 11 is 3.32. The smallest absolute Gasteiger partial charge is 0.0265 e. The summed E-state index contributed by atoms with van der Waals surface area (Å²) in [5.74, 6) is 0.884. The summed E-state index contributed by atoms with van der Waals surface area (Å²) in [6.45, 7) is 10.4. The van der Waals surface area contributed by atoms with E-state index in [-0.39, 0.29) is 0 Å². The Morgan fingerprint density at radius 1 is 1.73 bits per heavy atom. The monoisotopic (exact) mass is 217 g/mol. The Morgan fingerprint density at radius 3 is 2.64 bits per heavy atom. The predicted molar refractivity (Wildman–Crippen MR) is 52.8 cm³/mol. The molecule has 11 heavy (non-hydrogen) atoms. The zero-order chi connectivity index (χ0) is 8.48. The molecule has 2 heteroatoms. The first kappa shape index (κ1) is 9.27. The minimum Gasteiger partial charge on any atom is -0.312 e. The average Bonchev–Trinajstić information content (AvgIpc) is 2.39. The van der Waals surface area contributed by atoms with Gasteiger partial charge in [0.05, 0.1) is 0 Å². The van der Waals surface area contributed by atoms with Gasteiger partial charge in [0.25, 0.3) is 0 Å². The zero-order valence-electron chi connectivity index (χ0n) is 7.28. The second kappa shape index (κ2) is 3.28. The topological polar surface area (TPSA) is 12.0 Å². The third-order valence-corrected chi connectivity index (χ3v) is 2.71. The van der Waals surface area contributed by atoms with Gasteiger partial charge >= 0.3 is 0 Å². The lowest BCUT2D eigenvalue weighted by Crippen LogP contribution is -2.19. The number of halogens is 1. The Hall–Kier alpha value is 0.180. The van der Waals surface area contributed by atoms with Gasteiger partial charge in [0.2, 0.25) is 0 Å². The van der Waals surface area contributed by atoms with Gasteiger partial charge in [-0.1, -0.05) is 36.4 Å². The lowest BCUT2D eigenvalue weighted by molar-refractivity contribution is 0.531. The van der Waals surface area contributed by atoms with Crippen molar-refractivity contribution in [1.82, 2.24) is 5.32 Å². The minimum absolute atomic E-state index is 0.598. The molecule has 0 amide bonds. The van der Waals surface area contributed by atoms with Crippen molar-refractivity contribution in [2.45, 2.75) is 20.3 Å². The van der Waals surface area contributed by atoms with Crippen LogP contribution < -0.4 is 5.32 Å². The minimum atomic E-state index is 0.598. The molecule has 1 unspecified atom stereocenters. The van der Waals surface area contributed by atoms with Crippen molar-refractivity contribution in [2.75, 3.05) is 13.1 Å². The van der Waals surface area contributed by atoms with Gasteiger partial charge in [-0.2, -0.15) is 0 Å². The molecule has 1 N–H and O–H groups in total. The van der Waals surface area contributed by atoms with E-state index in [1.165, 1.54) is 6.42 Å². The Kier molecular flexibility index (Phi) is 2.76. The molecule has 0 aromatic heterocycles. The van der Waals surface area contributed by atoms with E-state index in [0.717, 1.165) is 23.5 Å². The number of nitrogens with one attached hydrogen (secondary N) is 1. The quantitative estimate of drug-likeness (QED) is 0.764. The molecule has 1 aliphatic rings. The van der Waals surface area contributed by atoms with Crippen molar-refractivity contribution >= 4 is 15.9 Å². The molecule has 1 rings (SSSR count). The second-order valence-corrected chi connectivity index (χ2v) is 5.16. The summed E-state index contributed by atoms with van der Waals surface area (Å²) in [6.07, 6.45) is 1.37. The van der Waals surface area contributed by atoms with Crippen LogP contribution in [0.1, 0.15) is 20.3 Å².